The van der Waals surface area contributed by atoms with E-state index in [2.05, 4.69) is 31.1 Å². The van der Waals surface area contributed by atoms with Crippen molar-refractivity contribution in [2.75, 3.05) is 13.7 Å². The van der Waals surface area contributed by atoms with E-state index in [1.807, 2.05) is 35.7 Å². The molecule has 1 aromatic heterocycles. The Morgan fingerprint density at radius 3 is 2.57 bits per heavy atom. The molecule has 0 saturated heterocycles. The average molecular weight is 332 g/mol. The number of aromatic nitrogens is 1. The molecule has 23 heavy (non-hydrogen) atoms. The Morgan fingerprint density at radius 1 is 1.30 bits per heavy atom. The van der Waals surface area contributed by atoms with E-state index >= 15 is 0 Å². The summed E-state index contributed by atoms with van der Waals surface area (Å²) in [5.41, 5.74) is 1.90. The van der Waals surface area contributed by atoms with Crippen LogP contribution < -0.4 is 5.32 Å². The first-order valence-electron chi connectivity index (χ1n) is 7.69. The Kier molecular flexibility index (Phi) is 5.91. The molecule has 5 heteroatoms. The van der Waals surface area contributed by atoms with Crippen LogP contribution in [0.15, 0.2) is 35.7 Å². The summed E-state index contributed by atoms with van der Waals surface area (Å²) in [6.07, 6.45) is 0.165. The van der Waals surface area contributed by atoms with Crippen LogP contribution in [0, 0.1) is 0 Å². The minimum Gasteiger partial charge on any atom is -0.375 e. The Balaban J connectivity index is 1.88. The van der Waals surface area contributed by atoms with Gasteiger partial charge in [-0.25, -0.2) is 4.98 Å². The van der Waals surface area contributed by atoms with E-state index in [0.29, 0.717) is 13.0 Å². The number of carbonyl (C=O) groups excluding carboxylic acids is 1. The molecule has 0 saturated carbocycles. The highest BCUT2D eigenvalue weighted by atomic mass is 32.1. The van der Waals surface area contributed by atoms with Gasteiger partial charge in [0, 0.05) is 24.4 Å². The van der Waals surface area contributed by atoms with Gasteiger partial charge in [-0.05, 0) is 5.56 Å². The van der Waals surface area contributed by atoms with Crippen LogP contribution in [0.25, 0.3) is 0 Å². The average Bonchev–Trinajstić information content (AvgIpc) is 2.97. The molecule has 1 amide bonds. The smallest absolute Gasteiger partial charge is 0.226 e. The molecule has 0 aliphatic carbocycles. The second kappa shape index (κ2) is 7.70. The predicted molar refractivity (Wildman–Crippen MR) is 93.7 cm³/mol. The monoisotopic (exact) mass is 332 g/mol. The van der Waals surface area contributed by atoms with Crippen molar-refractivity contribution < 1.29 is 9.53 Å². The lowest BCUT2D eigenvalue weighted by atomic mass is 9.98. The number of nitrogens with one attached hydrogen (secondary N) is 1. The molecule has 0 fully saturated rings. The Hall–Kier alpha value is -1.72. The summed E-state index contributed by atoms with van der Waals surface area (Å²) in [5.74, 6) is -0.0336. The lowest BCUT2D eigenvalue weighted by Gasteiger charge is -2.16. The van der Waals surface area contributed by atoms with Gasteiger partial charge in [-0.2, -0.15) is 0 Å². The molecule has 1 aromatic carbocycles. The Labute approximate surface area is 141 Å². The third-order valence-corrected chi connectivity index (χ3v) is 4.79. The highest BCUT2D eigenvalue weighted by molar-refractivity contribution is 7.09. The molecule has 0 spiro atoms. The highest BCUT2D eigenvalue weighted by Crippen LogP contribution is 2.25. The van der Waals surface area contributed by atoms with Crippen LogP contribution in [0.4, 0.5) is 0 Å². The van der Waals surface area contributed by atoms with Gasteiger partial charge >= 0.3 is 0 Å². The van der Waals surface area contributed by atoms with Gasteiger partial charge in [0.15, 0.2) is 0 Å². The largest absolute Gasteiger partial charge is 0.375 e. The number of amides is 1. The molecule has 124 valence electrons. The second-order valence-electron chi connectivity index (χ2n) is 6.51. The lowest BCUT2D eigenvalue weighted by Crippen LogP contribution is -2.30. The van der Waals surface area contributed by atoms with Gasteiger partial charge in [-0.3, -0.25) is 4.79 Å². The fourth-order valence-corrected chi connectivity index (χ4v) is 3.08. The van der Waals surface area contributed by atoms with Gasteiger partial charge in [-0.15, -0.1) is 11.3 Å². The zero-order valence-corrected chi connectivity index (χ0v) is 14.9. The van der Waals surface area contributed by atoms with E-state index in [0.717, 1.165) is 16.3 Å². The molecule has 0 radical (unpaired) electrons. The molecular weight excluding hydrogens is 308 g/mol. The van der Waals surface area contributed by atoms with E-state index in [9.17, 15) is 4.79 Å². The Bertz CT molecular complexity index is 632. The quantitative estimate of drug-likeness (QED) is 0.881. The van der Waals surface area contributed by atoms with Crippen molar-refractivity contribution in [3.05, 3.63) is 52.0 Å². The Morgan fingerprint density at radius 2 is 2.00 bits per heavy atom. The van der Waals surface area contributed by atoms with Crippen molar-refractivity contribution >= 4 is 17.2 Å². The fraction of sp³-hybridized carbons (Fsp3) is 0.444. The minimum absolute atomic E-state index is 0.0217. The van der Waals surface area contributed by atoms with Crippen molar-refractivity contribution in [2.24, 2.45) is 0 Å². The van der Waals surface area contributed by atoms with Crippen molar-refractivity contribution in [1.29, 1.82) is 0 Å². The number of hydrogen-bond donors (Lipinski definition) is 1. The molecule has 1 N–H and O–H groups in total. The maximum absolute atomic E-state index is 12.1. The van der Waals surface area contributed by atoms with E-state index in [4.69, 9.17) is 4.74 Å². The summed E-state index contributed by atoms with van der Waals surface area (Å²) in [6.45, 7) is 6.83. The van der Waals surface area contributed by atoms with Gasteiger partial charge in [0.05, 0.1) is 23.2 Å². The number of carbonyl (C=O) groups is 1. The van der Waals surface area contributed by atoms with Gasteiger partial charge in [-0.1, -0.05) is 51.1 Å². The third-order valence-electron chi connectivity index (χ3n) is 3.48. The SMILES string of the molecule is COC(CNC(=O)Cc1csc(C(C)(C)C)n1)c1ccccc1. The predicted octanol–water partition coefficient (Wildman–Crippen LogP) is 3.49. The molecule has 4 nitrogen and oxygen atoms in total. The van der Waals surface area contributed by atoms with E-state index in [1.165, 1.54) is 0 Å². The van der Waals surface area contributed by atoms with Crippen LogP contribution in [0.1, 0.15) is 43.1 Å². The molecule has 0 aliphatic heterocycles. The van der Waals surface area contributed by atoms with Gasteiger partial charge in [0.25, 0.3) is 0 Å². The van der Waals surface area contributed by atoms with E-state index < -0.39 is 0 Å². The molecule has 1 atom stereocenters. The number of benzene rings is 1. The molecule has 1 heterocycles. The standard InChI is InChI=1S/C18H24N2O2S/c1-18(2,3)17-20-14(12-23-17)10-16(21)19-11-15(22-4)13-8-6-5-7-9-13/h5-9,12,15H,10-11H2,1-4H3,(H,19,21). The number of methoxy groups -OCH3 is 1. The van der Waals surface area contributed by atoms with Gasteiger partial charge in [0.2, 0.25) is 5.91 Å². The highest BCUT2D eigenvalue weighted by Gasteiger charge is 2.19. The maximum Gasteiger partial charge on any atom is 0.226 e. The number of ether oxygens (including phenoxy) is 1. The van der Waals surface area contributed by atoms with Gasteiger partial charge in [0.1, 0.15) is 0 Å². The number of hydrogen-bond acceptors (Lipinski definition) is 4. The van der Waals surface area contributed by atoms with Crippen molar-refractivity contribution in [2.45, 2.75) is 38.7 Å². The topological polar surface area (TPSA) is 51.2 Å². The third kappa shape index (κ3) is 5.15. The zero-order chi connectivity index (χ0) is 16.9. The van der Waals surface area contributed by atoms with Crippen molar-refractivity contribution in [3.63, 3.8) is 0 Å². The van der Waals surface area contributed by atoms with Crippen molar-refractivity contribution in [3.8, 4) is 0 Å². The van der Waals surface area contributed by atoms with Gasteiger partial charge < -0.3 is 10.1 Å². The van der Waals surface area contributed by atoms with Crippen LogP contribution >= 0.6 is 11.3 Å². The number of thiazole rings is 1. The second-order valence-corrected chi connectivity index (χ2v) is 7.37. The molecular formula is C18H24N2O2S. The first kappa shape index (κ1) is 17.6. The number of rotatable bonds is 6. The summed E-state index contributed by atoms with van der Waals surface area (Å²) < 4.78 is 5.46. The number of nitrogens with zero attached hydrogens (tertiary/aromatic N) is 1. The van der Waals surface area contributed by atoms with E-state index in [-0.39, 0.29) is 17.4 Å². The van der Waals surface area contributed by atoms with Crippen molar-refractivity contribution in [1.82, 2.24) is 10.3 Å². The molecule has 2 aromatic rings. The van der Waals surface area contributed by atoms with E-state index in [1.54, 1.807) is 18.4 Å². The normalized spacial score (nSPS) is 12.9. The van der Waals surface area contributed by atoms with Crippen LogP contribution in [-0.4, -0.2) is 24.5 Å². The van der Waals surface area contributed by atoms with Crippen LogP contribution in [0.2, 0.25) is 0 Å². The first-order valence-corrected chi connectivity index (χ1v) is 8.57. The minimum atomic E-state index is -0.138. The maximum atomic E-state index is 12.1. The summed E-state index contributed by atoms with van der Waals surface area (Å²) in [4.78, 5) is 16.7. The summed E-state index contributed by atoms with van der Waals surface area (Å²) >= 11 is 1.61. The zero-order valence-electron chi connectivity index (χ0n) is 14.1. The first-order chi connectivity index (χ1) is 10.9. The molecule has 0 bridgehead atoms. The summed E-state index contributed by atoms with van der Waals surface area (Å²) in [6, 6.07) is 9.88. The lowest BCUT2D eigenvalue weighted by molar-refractivity contribution is -0.121. The van der Waals surface area contributed by atoms with Crippen LogP contribution in [-0.2, 0) is 21.4 Å². The van der Waals surface area contributed by atoms with Crippen LogP contribution in [0.5, 0.6) is 0 Å². The summed E-state index contributed by atoms with van der Waals surface area (Å²) in [7, 11) is 1.65. The summed E-state index contributed by atoms with van der Waals surface area (Å²) in [5, 5.41) is 5.95. The molecule has 0 aliphatic rings. The fourth-order valence-electron chi connectivity index (χ4n) is 2.17. The van der Waals surface area contributed by atoms with Crippen LogP contribution in [0.3, 0.4) is 0 Å². The molecule has 2 rings (SSSR count). The molecule has 1 unspecified atom stereocenters.